The van der Waals surface area contributed by atoms with E-state index in [0.717, 1.165) is 22.5 Å². The maximum Gasteiger partial charge on any atom is 0.0630 e. The van der Waals surface area contributed by atoms with Crippen molar-refractivity contribution in [2.75, 3.05) is 0 Å². The topological polar surface area (TPSA) is 25.8 Å². The minimum absolute atomic E-state index is 0.953. The number of rotatable bonds is 7. The molecule has 0 bridgehead atoms. The second kappa shape index (κ2) is 11.8. The molecule has 0 aliphatic carbocycles. The molecule has 0 radical (unpaired) electrons. The zero-order chi connectivity index (χ0) is 27.3. The Morgan fingerprint density at radius 2 is 0.825 bits per heavy atom. The fourth-order valence-corrected chi connectivity index (χ4v) is 6.35. The van der Waals surface area contributed by atoms with E-state index in [9.17, 15) is 0 Å². The lowest BCUT2D eigenvalue weighted by Crippen LogP contribution is -1.81. The van der Waals surface area contributed by atoms with Gasteiger partial charge in [-0.1, -0.05) is 71.8 Å². The molecule has 2 aromatic carbocycles. The summed E-state index contributed by atoms with van der Waals surface area (Å²) in [6.45, 7) is 4.20. The Bertz CT molecular complexity index is 1630. The number of pyridine rings is 2. The highest BCUT2D eigenvalue weighted by Gasteiger charge is 2.10. The van der Waals surface area contributed by atoms with Crippen molar-refractivity contribution in [2.45, 2.75) is 13.8 Å². The normalized spacial score (nSPS) is 11.6. The van der Waals surface area contributed by atoms with Crippen LogP contribution in [0, 0.1) is 13.8 Å². The van der Waals surface area contributed by atoms with E-state index < -0.39 is 0 Å². The maximum absolute atomic E-state index is 4.67. The Morgan fingerprint density at radius 3 is 1.20 bits per heavy atom. The molecule has 0 aliphatic heterocycles. The third-order valence-corrected chi connectivity index (χ3v) is 9.11. The van der Waals surface area contributed by atoms with Gasteiger partial charge in [-0.15, -0.1) is 22.7 Å². The summed E-state index contributed by atoms with van der Waals surface area (Å²) in [7, 11) is 0. The van der Waals surface area contributed by atoms with Crippen LogP contribution in [0.4, 0.5) is 0 Å². The van der Waals surface area contributed by atoms with Crippen molar-refractivity contribution in [1.82, 2.24) is 9.97 Å². The van der Waals surface area contributed by atoms with Crippen LogP contribution in [0.5, 0.6) is 0 Å². The summed E-state index contributed by atoms with van der Waals surface area (Å²) in [6, 6.07) is 34.3. The SMILES string of the molecule is Cc1ccc(C=Cc2ccc(-c3ccc(-c4ccc(-c5ccc(C=Cc6ccc(C)cc6)nc5)s4)s3)cn2)cc1. The van der Waals surface area contributed by atoms with E-state index in [1.165, 1.54) is 41.8 Å². The van der Waals surface area contributed by atoms with Crippen molar-refractivity contribution >= 4 is 47.0 Å². The first-order valence-electron chi connectivity index (χ1n) is 13.2. The zero-order valence-electron chi connectivity index (χ0n) is 22.4. The van der Waals surface area contributed by atoms with Crippen molar-refractivity contribution in [3.05, 3.63) is 143 Å². The molecular weight excluding hydrogens is 525 g/mol. The molecule has 6 aromatic rings. The van der Waals surface area contributed by atoms with Gasteiger partial charge in [-0.2, -0.15) is 0 Å². The summed E-state index contributed by atoms with van der Waals surface area (Å²) in [5.41, 5.74) is 9.07. The van der Waals surface area contributed by atoms with E-state index >= 15 is 0 Å². The van der Waals surface area contributed by atoms with Crippen molar-refractivity contribution < 1.29 is 0 Å². The Kier molecular flexibility index (Phi) is 7.62. The monoisotopic (exact) mass is 552 g/mol. The molecule has 0 spiro atoms. The lowest BCUT2D eigenvalue weighted by Gasteiger charge is -1.99. The summed E-state index contributed by atoms with van der Waals surface area (Å²) in [6.07, 6.45) is 12.2. The van der Waals surface area contributed by atoms with E-state index in [-0.39, 0.29) is 0 Å². The number of aromatic nitrogens is 2. The number of aryl methyl sites for hydroxylation is 2. The third-order valence-electron chi connectivity index (χ3n) is 6.64. The Labute approximate surface area is 243 Å². The second-order valence-electron chi connectivity index (χ2n) is 9.76. The van der Waals surface area contributed by atoms with Gasteiger partial charge >= 0.3 is 0 Å². The van der Waals surface area contributed by atoms with Crippen LogP contribution in [0.1, 0.15) is 33.6 Å². The number of hydrogen-bond acceptors (Lipinski definition) is 4. The molecule has 0 unspecified atom stereocenters. The van der Waals surface area contributed by atoms with Gasteiger partial charge in [-0.3, -0.25) is 9.97 Å². The summed E-state index contributed by atoms with van der Waals surface area (Å²) < 4.78 is 0. The van der Waals surface area contributed by atoms with Crippen LogP contribution < -0.4 is 0 Å². The van der Waals surface area contributed by atoms with Gasteiger partial charge in [0.05, 0.1) is 11.4 Å². The van der Waals surface area contributed by atoms with Crippen LogP contribution in [0.25, 0.3) is 54.9 Å². The maximum atomic E-state index is 4.67. The van der Waals surface area contributed by atoms with Crippen LogP contribution in [0.15, 0.2) is 109 Å². The molecule has 0 N–H and O–H groups in total. The van der Waals surface area contributed by atoms with Crippen LogP contribution in [0.3, 0.4) is 0 Å². The zero-order valence-corrected chi connectivity index (χ0v) is 24.0. The summed E-state index contributed by atoms with van der Waals surface area (Å²) in [4.78, 5) is 14.3. The van der Waals surface area contributed by atoms with Gasteiger partial charge in [0, 0.05) is 43.0 Å². The average Bonchev–Trinajstić information content (AvgIpc) is 3.68. The highest BCUT2D eigenvalue weighted by Crippen LogP contribution is 2.40. The molecular formula is C36H28N2S2. The van der Waals surface area contributed by atoms with Gasteiger partial charge in [0.1, 0.15) is 0 Å². The Morgan fingerprint density at radius 1 is 0.425 bits per heavy atom. The molecule has 194 valence electrons. The van der Waals surface area contributed by atoms with E-state index in [2.05, 4.69) is 145 Å². The van der Waals surface area contributed by atoms with E-state index in [0.29, 0.717) is 0 Å². The first-order chi connectivity index (χ1) is 19.6. The smallest absolute Gasteiger partial charge is 0.0630 e. The summed E-state index contributed by atoms with van der Waals surface area (Å²) >= 11 is 3.60. The van der Waals surface area contributed by atoms with Crippen LogP contribution in [0.2, 0.25) is 0 Å². The molecule has 4 heterocycles. The lowest BCUT2D eigenvalue weighted by atomic mass is 10.1. The Balaban J connectivity index is 1.12. The second-order valence-corrected chi connectivity index (χ2v) is 11.9. The van der Waals surface area contributed by atoms with Crippen molar-refractivity contribution in [3.63, 3.8) is 0 Å². The first kappa shape index (κ1) is 25.9. The van der Waals surface area contributed by atoms with Gasteiger partial charge < -0.3 is 0 Å². The predicted octanol–water partition coefficient (Wildman–Crippen LogP) is 10.6. The molecule has 2 nitrogen and oxygen atoms in total. The van der Waals surface area contributed by atoms with Gasteiger partial charge in [-0.05, 0) is 85.7 Å². The minimum Gasteiger partial charge on any atom is -0.256 e. The number of benzene rings is 2. The average molecular weight is 553 g/mol. The fourth-order valence-electron chi connectivity index (χ4n) is 4.27. The van der Waals surface area contributed by atoms with E-state index in [1.54, 1.807) is 22.7 Å². The molecule has 40 heavy (non-hydrogen) atoms. The van der Waals surface area contributed by atoms with E-state index in [4.69, 9.17) is 0 Å². The van der Waals surface area contributed by atoms with Gasteiger partial charge in [-0.25, -0.2) is 0 Å². The van der Waals surface area contributed by atoms with Gasteiger partial charge in [0.2, 0.25) is 0 Å². The van der Waals surface area contributed by atoms with Crippen LogP contribution >= 0.6 is 22.7 Å². The molecule has 0 aliphatic rings. The molecule has 0 amide bonds. The summed E-state index contributed by atoms with van der Waals surface area (Å²) in [5.74, 6) is 0. The third kappa shape index (κ3) is 6.26. The van der Waals surface area contributed by atoms with Gasteiger partial charge in [0.15, 0.2) is 0 Å². The first-order valence-corrected chi connectivity index (χ1v) is 14.8. The van der Waals surface area contributed by atoms with Crippen molar-refractivity contribution in [3.8, 4) is 30.6 Å². The number of thiophene rings is 2. The molecule has 6 rings (SSSR count). The fraction of sp³-hybridized carbons (Fsp3) is 0.0556. The van der Waals surface area contributed by atoms with Crippen molar-refractivity contribution in [1.29, 1.82) is 0 Å². The molecule has 4 aromatic heterocycles. The summed E-state index contributed by atoms with van der Waals surface area (Å²) in [5, 5.41) is 0. The minimum atomic E-state index is 0.953. The van der Waals surface area contributed by atoms with Crippen LogP contribution in [-0.2, 0) is 0 Å². The lowest BCUT2D eigenvalue weighted by molar-refractivity contribution is 1.30. The molecule has 0 saturated heterocycles. The molecule has 4 heteroatoms. The van der Waals surface area contributed by atoms with Gasteiger partial charge in [0.25, 0.3) is 0 Å². The highest BCUT2D eigenvalue weighted by atomic mass is 32.1. The number of nitrogens with zero attached hydrogens (tertiary/aromatic N) is 2. The highest BCUT2D eigenvalue weighted by molar-refractivity contribution is 7.25. The van der Waals surface area contributed by atoms with Crippen molar-refractivity contribution in [2.24, 2.45) is 0 Å². The standard InChI is InChI=1S/C36H28N2S2/c1-25-3-7-27(8-4-25)11-15-31-17-13-29(23-37-31)33-19-21-35(39-33)36-22-20-34(40-36)30-14-18-32(38-24-30)16-12-28-9-5-26(2)6-10-28/h3-24H,1-2H3. The molecule has 0 fully saturated rings. The quantitative estimate of drug-likeness (QED) is 0.197. The van der Waals surface area contributed by atoms with E-state index in [1.807, 2.05) is 12.4 Å². The largest absolute Gasteiger partial charge is 0.256 e. The predicted molar refractivity (Wildman–Crippen MR) is 174 cm³/mol. The molecule has 0 saturated carbocycles. The van der Waals surface area contributed by atoms with Crippen LogP contribution in [-0.4, -0.2) is 9.97 Å². The molecule has 0 atom stereocenters. The Hall–Kier alpha value is -4.38. The number of hydrogen-bond donors (Lipinski definition) is 0.